The minimum Gasteiger partial charge on any atom is -0.357 e. The van der Waals surface area contributed by atoms with Gasteiger partial charge in [0.05, 0.1) is 0 Å². The van der Waals surface area contributed by atoms with E-state index in [1.54, 1.807) is 0 Å². The van der Waals surface area contributed by atoms with Crippen molar-refractivity contribution in [3.63, 3.8) is 0 Å². The first kappa shape index (κ1) is 22.8. The average Bonchev–Trinajstić information content (AvgIpc) is 3.30. The van der Waals surface area contributed by atoms with Gasteiger partial charge in [-0.05, 0) is 52.1 Å². The van der Waals surface area contributed by atoms with Gasteiger partial charge >= 0.3 is 0 Å². The van der Waals surface area contributed by atoms with E-state index in [4.69, 9.17) is 4.99 Å². The van der Waals surface area contributed by atoms with Gasteiger partial charge in [0.15, 0.2) is 5.96 Å². The Balaban J connectivity index is 0.00000240. The lowest BCUT2D eigenvalue weighted by Crippen LogP contribution is -2.44. The van der Waals surface area contributed by atoms with Crippen LogP contribution in [0.4, 0.5) is 0 Å². The van der Waals surface area contributed by atoms with E-state index < -0.39 is 0 Å². The van der Waals surface area contributed by atoms with Gasteiger partial charge in [0.2, 0.25) is 0 Å². The standard InChI is InChI=1S/C21H37N7.HI/c1-2-22-21(27-16-11-18(17-27)26-13-6-4-7-14-26)23-12-10-20-25-24-19-9-5-3-8-15-28(19)20;/h18H,2-17H2,1H3,(H,22,23);1H. The molecule has 1 unspecified atom stereocenters. The fourth-order valence-corrected chi connectivity index (χ4v) is 4.93. The molecule has 4 rings (SSSR count). The fraction of sp³-hybridized carbons (Fsp3) is 0.857. The van der Waals surface area contributed by atoms with Crippen LogP contribution in [0.25, 0.3) is 0 Å². The number of guanidine groups is 1. The van der Waals surface area contributed by atoms with Crippen LogP contribution >= 0.6 is 24.0 Å². The van der Waals surface area contributed by atoms with Crippen molar-refractivity contribution in [1.29, 1.82) is 0 Å². The normalized spacial score (nSPS) is 23.4. The van der Waals surface area contributed by atoms with Crippen molar-refractivity contribution in [1.82, 2.24) is 29.9 Å². The molecule has 8 heteroatoms. The lowest BCUT2D eigenvalue weighted by atomic mass is 10.1. The molecular formula is C21H38IN7. The van der Waals surface area contributed by atoms with Gasteiger partial charge in [-0.2, -0.15) is 0 Å². The maximum atomic E-state index is 4.95. The predicted molar refractivity (Wildman–Crippen MR) is 128 cm³/mol. The van der Waals surface area contributed by atoms with Crippen LogP contribution in [0.1, 0.15) is 63.5 Å². The molecule has 1 atom stereocenters. The molecule has 0 aromatic carbocycles. The molecule has 3 aliphatic heterocycles. The summed E-state index contributed by atoms with van der Waals surface area (Å²) in [4.78, 5) is 10.1. The summed E-state index contributed by atoms with van der Waals surface area (Å²) in [5.74, 6) is 3.37. The largest absolute Gasteiger partial charge is 0.357 e. The van der Waals surface area contributed by atoms with Crippen molar-refractivity contribution in [3.05, 3.63) is 11.6 Å². The second-order valence-corrected chi connectivity index (χ2v) is 8.47. The van der Waals surface area contributed by atoms with Crippen LogP contribution in [-0.4, -0.2) is 75.8 Å². The molecule has 0 radical (unpaired) electrons. The Morgan fingerprint density at radius 2 is 1.83 bits per heavy atom. The first-order chi connectivity index (χ1) is 13.8. The minimum atomic E-state index is 0. The monoisotopic (exact) mass is 515 g/mol. The van der Waals surface area contributed by atoms with E-state index in [0.717, 1.165) is 57.3 Å². The number of aryl methyl sites for hydroxylation is 1. The summed E-state index contributed by atoms with van der Waals surface area (Å²) >= 11 is 0. The van der Waals surface area contributed by atoms with E-state index in [0.29, 0.717) is 6.04 Å². The van der Waals surface area contributed by atoms with Crippen LogP contribution in [-0.2, 0) is 19.4 Å². The molecule has 0 spiro atoms. The number of hydrogen-bond acceptors (Lipinski definition) is 4. The SMILES string of the molecule is CCNC(=NCCc1nnc2n1CCCCC2)N1CCC(N2CCCCC2)C1.I. The quantitative estimate of drug-likeness (QED) is 0.371. The third kappa shape index (κ3) is 5.83. The zero-order chi connectivity index (χ0) is 19.2. The number of nitrogens with zero attached hydrogens (tertiary/aromatic N) is 6. The van der Waals surface area contributed by atoms with Crippen molar-refractivity contribution >= 4 is 29.9 Å². The van der Waals surface area contributed by atoms with Crippen LogP contribution in [0.3, 0.4) is 0 Å². The second-order valence-electron chi connectivity index (χ2n) is 8.47. The van der Waals surface area contributed by atoms with Gasteiger partial charge in [-0.25, -0.2) is 0 Å². The maximum Gasteiger partial charge on any atom is 0.193 e. The van der Waals surface area contributed by atoms with Crippen molar-refractivity contribution < 1.29 is 0 Å². The Hall–Kier alpha value is -0.900. The highest BCUT2D eigenvalue weighted by Gasteiger charge is 2.30. The lowest BCUT2D eigenvalue weighted by molar-refractivity contribution is 0.168. The molecule has 0 saturated carbocycles. The zero-order valence-electron chi connectivity index (χ0n) is 18.0. The zero-order valence-corrected chi connectivity index (χ0v) is 20.3. The van der Waals surface area contributed by atoms with Crippen molar-refractivity contribution in [2.75, 3.05) is 39.3 Å². The highest BCUT2D eigenvalue weighted by atomic mass is 127. The summed E-state index contributed by atoms with van der Waals surface area (Å²) in [7, 11) is 0. The summed E-state index contributed by atoms with van der Waals surface area (Å²) in [5.41, 5.74) is 0. The van der Waals surface area contributed by atoms with Crippen LogP contribution in [0, 0.1) is 0 Å². The van der Waals surface area contributed by atoms with Crippen molar-refractivity contribution in [2.45, 2.75) is 77.3 Å². The number of piperidine rings is 1. The lowest BCUT2D eigenvalue weighted by Gasteiger charge is -2.32. The number of aromatic nitrogens is 3. The first-order valence-electron chi connectivity index (χ1n) is 11.5. The molecule has 0 amide bonds. The summed E-state index contributed by atoms with van der Waals surface area (Å²) in [6.45, 7) is 9.74. The molecule has 4 heterocycles. The van der Waals surface area contributed by atoms with Crippen molar-refractivity contribution in [2.24, 2.45) is 4.99 Å². The van der Waals surface area contributed by atoms with E-state index in [1.807, 2.05) is 0 Å². The molecule has 7 nitrogen and oxygen atoms in total. The summed E-state index contributed by atoms with van der Waals surface area (Å²) < 4.78 is 2.34. The van der Waals surface area contributed by atoms with Gasteiger partial charge in [0.1, 0.15) is 11.6 Å². The molecule has 1 N–H and O–H groups in total. The fourth-order valence-electron chi connectivity index (χ4n) is 4.93. The highest BCUT2D eigenvalue weighted by Crippen LogP contribution is 2.20. The molecule has 0 aliphatic carbocycles. The summed E-state index contributed by atoms with van der Waals surface area (Å²) in [6, 6.07) is 0.705. The van der Waals surface area contributed by atoms with E-state index in [9.17, 15) is 0 Å². The Morgan fingerprint density at radius 1 is 1.03 bits per heavy atom. The van der Waals surface area contributed by atoms with E-state index in [1.165, 1.54) is 63.9 Å². The van der Waals surface area contributed by atoms with Crippen LogP contribution in [0.2, 0.25) is 0 Å². The Bertz CT molecular complexity index is 653. The molecular weight excluding hydrogens is 477 g/mol. The molecule has 29 heavy (non-hydrogen) atoms. The van der Waals surface area contributed by atoms with Crippen molar-refractivity contribution in [3.8, 4) is 0 Å². The topological polar surface area (TPSA) is 61.6 Å². The molecule has 164 valence electrons. The number of rotatable bonds is 5. The van der Waals surface area contributed by atoms with E-state index in [-0.39, 0.29) is 24.0 Å². The average molecular weight is 515 g/mol. The Kier molecular flexibility index (Phi) is 9.02. The Labute approximate surface area is 192 Å². The number of fused-ring (bicyclic) bond motifs is 1. The van der Waals surface area contributed by atoms with E-state index in [2.05, 4.69) is 36.8 Å². The van der Waals surface area contributed by atoms with Gasteiger partial charge in [0, 0.05) is 51.6 Å². The third-order valence-corrected chi connectivity index (χ3v) is 6.49. The molecule has 1 aromatic heterocycles. The molecule has 0 bridgehead atoms. The van der Waals surface area contributed by atoms with E-state index >= 15 is 0 Å². The molecule has 1 aromatic rings. The molecule has 3 aliphatic rings. The number of hydrogen-bond donors (Lipinski definition) is 1. The molecule has 2 fully saturated rings. The molecule has 2 saturated heterocycles. The number of likely N-dealkylation sites (tertiary alicyclic amines) is 2. The van der Waals surface area contributed by atoms with Crippen LogP contribution in [0.5, 0.6) is 0 Å². The summed E-state index contributed by atoms with van der Waals surface area (Å²) in [5, 5.41) is 12.4. The van der Waals surface area contributed by atoms with Gasteiger partial charge in [-0.1, -0.05) is 12.8 Å². The van der Waals surface area contributed by atoms with Crippen LogP contribution < -0.4 is 5.32 Å². The van der Waals surface area contributed by atoms with Crippen LogP contribution in [0.15, 0.2) is 4.99 Å². The van der Waals surface area contributed by atoms with Gasteiger partial charge in [-0.3, -0.25) is 9.89 Å². The maximum absolute atomic E-state index is 4.95. The predicted octanol–water partition coefficient (Wildman–Crippen LogP) is 2.69. The van der Waals surface area contributed by atoms with Gasteiger partial charge in [0.25, 0.3) is 0 Å². The van der Waals surface area contributed by atoms with Gasteiger partial charge in [-0.15, -0.1) is 34.2 Å². The Morgan fingerprint density at radius 3 is 2.66 bits per heavy atom. The third-order valence-electron chi connectivity index (χ3n) is 6.49. The number of aliphatic imine (C=N–C) groups is 1. The smallest absolute Gasteiger partial charge is 0.193 e. The number of halogens is 1. The van der Waals surface area contributed by atoms with Gasteiger partial charge < -0.3 is 14.8 Å². The second kappa shape index (κ2) is 11.5. The highest BCUT2D eigenvalue weighted by molar-refractivity contribution is 14.0. The first-order valence-corrected chi connectivity index (χ1v) is 11.5. The summed E-state index contributed by atoms with van der Waals surface area (Å²) in [6.07, 6.45) is 11.2. The minimum absolute atomic E-state index is 0. The number of nitrogens with one attached hydrogen (secondary N) is 1.